The Hall–Kier alpha value is -1.03. The Labute approximate surface area is 157 Å². The van der Waals surface area contributed by atoms with Crippen molar-refractivity contribution in [2.45, 2.75) is 90.4 Å². The van der Waals surface area contributed by atoms with Gasteiger partial charge in [-0.2, -0.15) is 13.2 Å². The van der Waals surface area contributed by atoms with Crippen molar-refractivity contribution in [3.8, 4) is 0 Å². The standard InChI is InChI=1S/C22H34F3N/c1-17(2)8-6-5-7-15-26(18(3)4)16-19-9-11-20(12-10-19)21(13-14-21)22(23,24)25/h9-12,17-18H,5-8,13-16H2,1-4H3. The van der Waals surface area contributed by atoms with Crippen LogP contribution in [0.1, 0.15) is 77.3 Å². The first kappa shape index (κ1) is 21.3. The Morgan fingerprint density at radius 3 is 2.04 bits per heavy atom. The van der Waals surface area contributed by atoms with Crippen LogP contribution in [0.3, 0.4) is 0 Å². The number of hydrogen-bond donors (Lipinski definition) is 0. The maximum Gasteiger partial charge on any atom is 0.398 e. The molecule has 0 N–H and O–H groups in total. The average molecular weight is 370 g/mol. The predicted octanol–water partition coefficient (Wildman–Crippen LogP) is 6.71. The molecular weight excluding hydrogens is 335 g/mol. The van der Waals surface area contributed by atoms with Crippen molar-refractivity contribution in [2.75, 3.05) is 6.54 Å². The van der Waals surface area contributed by atoms with Crippen LogP contribution >= 0.6 is 0 Å². The maximum absolute atomic E-state index is 13.2. The quantitative estimate of drug-likeness (QED) is 0.414. The molecule has 1 aromatic rings. The summed E-state index contributed by atoms with van der Waals surface area (Å²) in [7, 11) is 0. The van der Waals surface area contributed by atoms with Gasteiger partial charge in [0.05, 0.1) is 5.41 Å². The number of hydrogen-bond acceptors (Lipinski definition) is 1. The van der Waals surface area contributed by atoms with Gasteiger partial charge in [0.2, 0.25) is 0 Å². The highest BCUT2D eigenvalue weighted by Gasteiger charge is 2.64. The largest absolute Gasteiger partial charge is 0.398 e. The summed E-state index contributed by atoms with van der Waals surface area (Å²) >= 11 is 0. The van der Waals surface area contributed by atoms with E-state index in [9.17, 15) is 13.2 Å². The highest BCUT2D eigenvalue weighted by molar-refractivity contribution is 5.35. The predicted molar refractivity (Wildman–Crippen MR) is 102 cm³/mol. The first-order valence-electron chi connectivity index (χ1n) is 10.1. The number of nitrogens with zero attached hydrogens (tertiary/aromatic N) is 1. The molecule has 0 aromatic heterocycles. The fraction of sp³-hybridized carbons (Fsp3) is 0.727. The fourth-order valence-corrected chi connectivity index (χ4v) is 3.59. The third kappa shape index (κ3) is 5.48. The monoisotopic (exact) mass is 369 g/mol. The van der Waals surface area contributed by atoms with Crippen LogP contribution in [0.4, 0.5) is 13.2 Å². The Morgan fingerprint density at radius 2 is 1.58 bits per heavy atom. The van der Waals surface area contributed by atoms with Gasteiger partial charge < -0.3 is 0 Å². The molecule has 1 aliphatic carbocycles. The first-order chi connectivity index (χ1) is 12.2. The van der Waals surface area contributed by atoms with Gasteiger partial charge in [-0.15, -0.1) is 0 Å². The van der Waals surface area contributed by atoms with Crippen LogP contribution in [0.2, 0.25) is 0 Å². The first-order valence-corrected chi connectivity index (χ1v) is 10.1. The van der Waals surface area contributed by atoms with E-state index in [0.29, 0.717) is 11.6 Å². The van der Waals surface area contributed by atoms with E-state index in [-0.39, 0.29) is 12.8 Å². The van der Waals surface area contributed by atoms with Crippen molar-refractivity contribution < 1.29 is 13.2 Å². The Balaban J connectivity index is 1.89. The second-order valence-electron chi connectivity index (χ2n) is 8.58. The smallest absolute Gasteiger partial charge is 0.297 e. The van der Waals surface area contributed by atoms with Gasteiger partial charge in [0, 0.05) is 12.6 Å². The molecule has 1 saturated carbocycles. The number of rotatable bonds is 10. The Kier molecular flexibility index (Phi) is 7.18. The number of benzene rings is 1. The van der Waals surface area contributed by atoms with E-state index < -0.39 is 11.6 Å². The van der Waals surface area contributed by atoms with E-state index in [1.165, 1.54) is 25.7 Å². The van der Waals surface area contributed by atoms with E-state index >= 15 is 0 Å². The second kappa shape index (κ2) is 8.77. The van der Waals surface area contributed by atoms with E-state index in [1.54, 1.807) is 12.1 Å². The molecule has 0 bridgehead atoms. The van der Waals surface area contributed by atoms with Gasteiger partial charge in [-0.1, -0.05) is 57.4 Å². The van der Waals surface area contributed by atoms with Gasteiger partial charge in [0.15, 0.2) is 0 Å². The summed E-state index contributed by atoms with van der Waals surface area (Å²) < 4.78 is 39.7. The minimum atomic E-state index is -4.13. The van der Waals surface area contributed by atoms with E-state index in [4.69, 9.17) is 0 Å². The van der Waals surface area contributed by atoms with Gasteiger partial charge in [-0.05, 0) is 56.7 Å². The number of alkyl halides is 3. The fourth-order valence-electron chi connectivity index (χ4n) is 3.59. The molecule has 1 aromatic carbocycles. The van der Waals surface area contributed by atoms with Crippen molar-refractivity contribution in [3.05, 3.63) is 35.4 Å². The maximum atomic E-state index is 13.2. The molecule has 0 radical (unpaired) electrons. The van der Waals surface area contributed by atoms with Crippen LogP contribution < -0.4 is 0 Å². The van der Waals surface area contributed by atoms with Crippen LogP contribution in [-0.4, -0.2) is 23.7 Å². The van der Waals surface area contributed by atoms with Crippen molar-refractivity contribution in [1.82, 2.24) is 4.90 Å². The van der Waals surface area contributed by atoms with Crippen LogP contribution in [0.15, 0.2) is 24.3 Å². The summed E-state index contributed by atoms with van der Waals surface area (Å²) in [6.45, 7) is 10.7. The molecule has 4 heteroatoms. The number of unbranched alkanes of at least 4 members (excludes halogenated alkanes) is 2. The van der Waals surface area contributed by atoms with Crippen molar-refractivity contribution in [3.63, 3.8) is 0 Å². The summed E-state index contributed by atoms with van der Waals surface area (Å²) in [6.07, 6.45) is 1.31. The molecule has 0 atom stereocenters. The van der Waals surface area contributed by atoms with Crippen molar-refractivity contribution in [2.24, 2.45) is 5.92 Å². The summed E-state index contributed by atoms with van der Waals surface area (Å²) in [5.41, 5.74) is -0.0409. The Morgan fingerprint density at radius 1 is 0.962 bits per heavy atom. The molecule has 0 unspecified atom stereocenters. The van der Waals surface area contributed by atoms with Gasteiger partial charge in [0.1, 0.15) is 0 Å². The summed E-state index contributed by atoms with van der Waals surface area (Å²) in [5.74, 6) is 0.765. The molecule has 1 nitrogen and oxygen atoms in total. The molecule has 148 valence electrons. The lowest BCUT2D eigenvalue weighted by molar-refractivity contribution is -0.160. The van der Waals surface area contributed by atoms with E-state index in [2.05, 4.69) is 32.6 Å². The lowest BCUT2D eigenvalue weighted by Crippen LogP contribution is -2.31. The third-order valence-electron chi connectivity index (χ3n) is 5.64. The molecule has 1 fully saturated rings. The van der Waals surface area contributed by atoms with Gasteiger partial charge in [-0.3, -0.25) is 4.90 Å². The highest BCUT2D eigenvalue weighted by Crippen LogP contribution is 2.58. The molecule has 0 heterocycles. The molecule has 26 heavy (non-hydrogen) atoms. The Bertz CT molecular complexity index is 542. The minimum Gasteiger partial charge on any atom is -0.297 e. The second-order valence-corrected chi connectivity index (χ2v) is 8.58. The van der Waals surface area contributed by atoms with Gasteiger partial charge >= 0.3 is 6.18 Å². The zero-order valence-corrected chi connectivity index (χ0v) is 16.7. The van der Waals surface area contributed by atoms with Crippen molar-refractivity contribution in [1.29, 1.82) is 0 Å². The number of halogens is 3. The van der Waals surface area contributed by atoms with Crippen molar-refractivity contribution >= 4 is 0 Å². The van der Waals surface area contributed by atoms with Crippen LogP contribution in [0.25, 0.3) is 0 Å². The van der Waals surface area contributed by atoms with Crippen LogP contribution in [0, 0.1) is 5.92 Å². The molecule has 0 aliphatic heterocycles. The lowest BCUT2D eigenvalue weighted by Gasteiger charge is -2.27. The zero-order valence-electron chi connectivity index (χ0n) is 16.7. The normalized spacial score (nSPS) is 16.7. The van der Waals surface area contributed by atoms with Gasteiger partial charge in [0.25, 0.3) is 0 Å². The molecule has 2 rings (SSSR count). The summed E-state index contributed by atoms with van der Waals surface area (Å²) in [4.78, 5) is 2.42. The van der Waals surface area contributed by atoms with E-state index in [0.717, 1.165) is 24.6 Å². The lowest BCUT2D eigenvalue weighted by atomic mass is 9.94. The van der Waals surface area contributed by atoms with Crippen LogP contribution in [-0.2, 0) is 12.0 Å². The molecule has 0 spiro atoms. The molecule has 0 saturated heterocycles. The molecular formula is C22H34F3N. The summed E-state index contributed by atoms with van der Waals surface area (Å²) in [6, 6.07) is 7.59. The zero-order chi connectivity index (χ0) is 19.4. The van der Waals surface area contributed by atoms with E-state index in [1.807, 2.05) is 12.1 Å². The average Bonchev–Trinajstić information content (AvgIpc) is 3.35. The highest BCUT2D eigenvalue weighted by atomic mass is 19.4. The van der Waals surface area contributed by atoms with Gasteiger partial charge in [-0.25, -0.2) is 0 Å². The minimum absolute atomic E-state index is 0.227. The van der Waals surface area contributed by atoms with Crippen LogP contribution in [0.5, 0.6) is 0 Å². The summed E-state index contributed by atoms with van der Waals surface area (Å²) in [5, 5.41) is 0. The topological polar surface area (TPSA) is 3.24 Å². The third-order valence-corrected chi connectivity index (χ3v) is 5.64. The molecule has 1 aliphatic rings. The SMILES string of the molecule is CC(C)CCCCCN(Cc1ccc(C2(C(F)(F)F)CC2)cc1)C(C)C. The molecule has 0 amide bonds.